The monoisotopic (exact) mass is 365 g/mol. The first-order valence-corrected chi connectivity index (χ1v) is 8.43. The number of aryl methyl sites for hydroxylation is 1. The van der Waals surface area contributed by atoms with Crippen molar-refractivity contribution >= 4 is 49.1 Å². The van der Waals surface area contributed by atoms with E-state index in [0.29, 0.717) is 0 Å². The molecule has 1 atom stereocenters. The summed E-state index contributed by atoms with van der Waals surface area (Å²) < 4.78 is 2.32. The highest BCUT2D eigenvalue weighted by molar-refractivity contribution is 9.10. The second-order valence-corrected chi connectivity index (χ2v) is 7.16. The van der Waals surface area contributed by atoms with Crippen molar-refractivity contribution in [2.75, 3.05) is 0 Å². The highest BCUT2D eigenvalue weighted by Crippen LogP contribution is 2.34. The molecule has 1 nitrogen and oxygen atoms in total. The Morgan fingerprint density at radius 1 is 1.20 bits per heavy atom. The molecule has 0 saturated heterocycles. The summed E-state index contributed by atoms with van der Waals surface area (Å²) in [5, 5.41) is 1.02. The summed E-state index contributed by atoms with van der Waals surface area (Å²) in [4.78, 5) is 4.65. The van der Waals surface area contributed by atoms with Gasteiger partial charge in [0.05, 0.1) is 20.6 Å². The van der Waals surface area contributed by atoms with Gasteiger partial charge in [0.1, 0.15) is 0 Å². The minimum atomic E-state index is -0.0650. The van der Waals surface area contributed by atoms with E-state index in [-0.39, 0.29) is 5.38 Å². The van der Waals surface area contributed by atoms with Crippen molar-refractivity contribution in [2.45, 2.75) is 18.7 Å². The number of halogens is 2. The van der Waals surface area contributed by atoms with Gasteiger partial charge in [-0.2, -0.15) is 0 Å². The predicted octanol–water partition coefficient (Wildman–Crippen LogP) is 5.89. The number of nitrogens with zero attached hydrogens (tertiary/aromatic N) is 1. The lowest BCUT2D eigenvalue weighted by molar-refractivity contribution is 0.903. The Kier molecular flexibility index (Phi) is 4.11. The van der Waals surface area contributed by atoms with E-state index in [0.717, 1.165) is 27.0 Å². The molecule has 3 aromatic rings. The molecule has 102 valence electrons. The molecule has 0 saturated carbocycles. The number of alkyl halides is 1. The fourth-order valence-corrected chi connectivity index (χ4v) is 4.29. The lowest BCUT2D eigenvalue weighted by Gasteiger charge is -2.12. The number of hydrogen-bond acceptors (Lipinski definition) is 2. The summed E-state index contributed by atoms with van der Waals surface area (Å²) in [5.74, 6) is 0. The summed E-state index contributed by atoms with van der Waals surface area (Å²) in [6.45, 7) is 2.08. The van der Waals surface area contributed by atoms with Gasteiger partial charge in [-0.3, -0.25) is 0 Å². The molecular weight excluding hydrogens is 354 g/mol. The minimum Gasteiger partial charge on any atom is -0.241 e. The van der Waals surface area contributed by atoms with Gasteiger partial charge in [0, 0.05) is 10.9 Å². The fourth-order valence-electron chi connectivity index (χ4n) is 2.18. The molecule has 1 unspecified atom stereocenters. The lowest BCUT2D eigenvalue weighted by Crippen LogP contribution is -1.97. The molecule has 0 amide bonds. The molecule has 0 fully saturated rings. The van der Waals surface area contributed by atoms with Crippen LogP contribution in [0.2, 0.25) is 0 Å². The van der Waals surface area contributed by atoms with Gasteiger partial charge in [-0.15, -0.1) is 22.9 Å². The zero-order chi connectivity index (χ0) is 14.1. The van der Waals surface area contributed by atoms with Crippen LogP contribution in [0.25, 0.3) is 10.2 Å². The second-order valence-electron chi connectivity index (χ2n) is 4.73. The van der Waals surface area contributed by atoms with Gasteiger partial charge in [-0.1, -0.05) is 46.3 Å². The molecule has 0 bridgehead atoms. The van der Waals surface area contributed by atoms with Crippen molar-refractivity contribution < 1.29 is 0 Å². The molecule has 4 heteroatoms. The van der Waals surface area contributed by atoms with Crippen LogP contribution in [-0.2, 0) is 6.42 Å². The Morgan fingerprint density at radius 3 is 2.80 bits per heavy atom. The first kappa shape index (κ1) is 14.1. The minimum absolute atomic E-state index is 0.0650. The first-order valence-electron chi connectivity index (χ1n) is 6.38. The van der Waals surface area contributed by atoms with Crippen LogP contribution in [0.1, 0.15) is 21.5 Å². The normalized spacial score (nSPS) is 12.8. The number of rotatable bonds is 3. The summed E-state index contributed by atoms with van der Waals surface area (Å²) in [6, 6.07) is 14.4. The highest BCUT2D eigenvalue weighted by Gasteiger charge is 2.15. The van der Waals surface area contributed by atoms with Crippen molar-refractivity contribution in [1.29, 1.82) is 0 Å². The van der Waals surface area contributed by atoms with Crippen LogP contribution in [0.4, 0.5) is 0 Å². The maximum absolute atomic E-state index is 6.58. The van der Waals surface area contributed by atoms with Crippen molar-refractivity contribution in [3.05, 3.63) is 63.1 Å². The molecule has 0 aliphatic rings. The average molecular weight is 367 g/mol. The summed E-state index contributed by atoms with van der Waals surface area (Å²) >= 11 is 11.9. The maximum Gasteiger partial charge on any atom is 0.0956 e. The van der Waals surface area contributed by atoms with Gasteiger partial charge >= 0.3 is 0 Å². The maximum atomic E-state index is 6.58. The molecule has 1 aromatic heterocycles. The van der Waals surface area contributed by atoms with Crippen LogP contribution in [0, 0.1) is 6.92 Å². The van der Waals surface area contributed by atoms with E-state index in [1.807, 2.05) is 24.3 Å². The van der Waals surface area contributed by atoms with E-state index in [2.05, 4.69) is 46.0 Å². The molecule has 0 radical (unpaired) electrons. The third kappa shape index (κ3) is 2.76. The van der Waals surface area contributed by atoms with Gasteiger partial charge in [-0.05, 0) is 30.2 Å². The zero-order valence-electron chi connectivity index (χ0n) is 10.9. The van der Waals surface area contributed by atoms with Crippen molar-refractivity contribution in [3.8, 4) is 0 Å². The number of para-hydroxylation sites is 1. The average Bonchev–Trinajstić information content (AvgIpc) is 2.83. The predicted molar refractivity (Wildman–Crippen MR) is 90.8 cm³/mol. The van der Waals surface area contributed by atoms with Gasteiger partial charge in [0.2, 0.25) is 0 Å². The van der Waals surface area contributed by atoms with Crippen molar-refractivity contribution in [2.24, 2.45) is 0 Å². The molecule has 0 aliphatic carbocycles. The quantitative estimate of drug-likeness (QED) is 0.527. The van der Waals surface area contributed by atoms with E-state index in [4.69, 9.17) is 11.6 Å². The van der Waals surface area contributed by atoms with Crippen LogP contribution < -0.4 is 0 Å². The van der Waals surface area contributed by atoms with Gasteiger partial charge in [0.15, 0.2) is 0 Å². The summed E-state index contributed by atoms with van der Waals surface area (Å²) in [6.07, 6.45) is 0.753. The van der Waals surface area contributed by atoms with Crippen LogP contribution in [0.15, 0.2) is 46.9 Å². The van der Waals surface area contributed by atoms with Gasteiger partial charge in [-0.25, -0.2) is 4.98 Å². The summed E-state index contributed by atoms with van der Waals surface area (Å²) in [7, 11) is 0. The smallest absolute Gasteiger partial charge is 0.0956 e. The summed E-state index contributed by atoms with van der Waals surface area (Å²) in [5.41, 5.74) is 3.39. The third-order valence-electron chi connectivity index (χ3n) is 3.25. The highest BCUT2D eigenvalue weighted by atomic mass is 79.9. The van der Waals surface area contributed by atoms with Crippen LogP contribution in [0.3, 0.4) is 0 Å². The zero-order valence-corrected chi connectivity index (χ0v) is 14.1. The van der Waals surface area contributed by atoms with E-state index >= 15 is 0 Å². The van der Waals surface area contributed by atoms with Gasteiger partial charge in [0.25, 0.3) is 0 Å². The number of aromatic nitrogens is 1. The number of benzene rings is 2. The molecule has 20 heavy (non-hydrogen) atoms. The van der Waals surface area contributed by atoms with E-state index < -0.39 is 0 Å². The SMILES string of the molecule is Cc1cccc(C(Cl)Cc2nc3ccccc3s2)c1Br. The fraction of sp³-hybridized carbons (Fsp3) is 0.188. The van der Waals surface area contributed by atoms with E-state index in [9.17, 15) is 0 Å². The van der Waals surface area contributed by atoms with Crippen LogP contribution in [0.5, 0.6) is 0 Å². The Hall–Kier alpha value is -0.900. The molecule has 2 aromatic carbocycles. The Bertz CT molecular complexity index is 720. The molecular formula is C16H13BrClNS. The number of hydrogen-bond donors (Lipinski definition) is 0. The topological polar surface area (TPSA) is 12.9 Å². The number of thiazole rings is 1. The van der Waals surface area contributed by atoms with Gasteiger partial charge < -0.3 is 0 Å². The molecule has 0 spiro atoms. The third-order valence-corrected chi connectivity index (χ3v) is 5.78. The Labute approximate surface area is 135 Å². The molecule has 3 rings (SSSR count). The van der Waals surface area contributed by atoms with Crippen LogP contribution in [-0.4, -0.2) is 4.98 Å². The lowest BCUT2D eigenvalue weighted by atomic mass is 10.1. The van der Waals surface area contributed by atoms with E-state index in [1.54, 1.807) is 11.3 Å². The van der Waals surface area contributed by atoms with Crippen LogP contribution >= 0.6 is 38.9 Å². The van der Waals surface area contributed by atoms with Crippen molar-refractivity contribution in [1.82, 2.24) is 4.98 Å². The second kappa shape index (κ2) is 5.84. The Balaban J connectivity index is 1.88. The molecule has 0 aliphatic heterocycles. The first-order chi connectivity index (χ1) is 9.65. The molecule has 1 heterocycles. The molecule has 0 N–H and O–H groups in total. The number of fused-ring (bicyclic) bond motifs is 1. The van der Waals surface area contributed by atoms with E-state index in [1.165, 1.54) is 10.3 Å². The standard InChI is InChI=1S/C16H13BrClNS/c1-10-5-4-6-11(16(10)17)12(18)9-15-19-13-7-2-3-8-14(13)20-15/h2-8,12H,9H2,1H3. The Morgan fingerprint density at radius 2 is 2.00 bits per heavy atom. The van der Waals surface area contributed by atoms with Crippen molar-refractivity contribution in [3.63, 3.8) is 0 Å². The largest absolute Gasteiger partial charge is 0.241 e.